The fourth-order valence-electron chi connectivity index (χ4n) is 3.63. The zero-order valence-corrected chi connectivity index (χ0v) is 13.8. The van der Waals surface area contributed by atoms with Crippen LogP contribution in [-0.4, -0.2) is 34.8 Å². The fourth-order valence-corrected chi connectivity index (χ4v) is 4.91. The van der Waals surface area contributed by atoms with Gasteiger partial charge in [0.2, 0.25) is 0 Å². The summed E-state index contributed by atoms with van der Waals surface area (Å²) in [5.41, 5.74) is 1.41. The van der Waals surface area contributed by atoms with Crippen molar-refractivity contribution in [3.8, 4) is 0 Å². The number of rotatable bonds is 2. The van der Waals surface area contributed by atoms with Gasteiger partial charge in [0.15, 0.2) is 0 Å². The van der Waals surface area contributed by atoms with E-state index in [9.17, 15) is 13.2 Å². The summed E-state index contributed by atoms with van der Waals surface area (Å²) in [4.78, 5) is 2.59. The molecule has 0 radical (unpaired) electrons. The summed E-state index contributed by atoms with van der Waals surface area (Å²) in [7, 11) is 0. The van der Waals surface area contributed by atoms with Crippen LogP contribution in [0.2, 0.25) is 0 Å². The Morgan fingerprint density at radius 2 is 2.12 bits per heavy atom. The summed E-state index contributed by atoms with van der Waals surface area (Å²) in [6.45, 7) is 2.92. The third-order valence-corrected chi connectivity index (χ3v) is 6.28. The number of ether oxygens (including phenoxy) is 1. The summed E-state index contributed by atoms with van der Waals surface area (Å²) in [6, 6.07) is 1.32. The number of fused-ring (bicyclic) bond motifs is 2. The van der Waals surface area contributed by atoms with Gasteiger partial charge in [-0.15, -0.1) is 11.3 Å². The minimum Gasteiger partial charge on any atom is -0.369 e. The molecule has 1 fully saturated rings. The number of H-pyrrole nitrogens is 1. The van der Waals surface area contributed by atoms with Crippen LogP contribution in [0, 0.1) is 0 Å². The summed E-state index contributed by atoms with van der Waals surface area (Å²) in [6.07, 6.45) is 1.43. The van der Waals surface area contributed by atoms with Crippen molar-refractivity contribution >= 4 is 11.3 Å². The van der Waals surface area contributed by atoms with Gasteiger partial charge in [-0.3, -0.25) is 10.00 Å². The van der Waals surface area contributed by atoms with Crippen molar-refractivity contribution in [2.24, 2.45) is 0 Å². The molecule has 24 heavy (non-hydrogen) atoms. The van der Waals surface area contributed by atoms with E-state index in [1.54, 1.807) is 6.20 Å². The third kappa shape index (κ3) is 2.87. The van der Waals surface area contributed by atoms with E-state index in [2.05, 4.69) is 15.1 Å². The number of nitrogens with zero attached hydrogens (tertiary/aromatic N) is 2. The second-order valence-corrected chi connectivity index (χ2v) is 7.49. The Morgan fingerprint density at radius 3 is 2.79 bits per heavy atom. The summed E-state index contributed by atoms with van der Waals surface area (Å²) in [5, 5.41) is 6.75. The zero-order valence-electron chi connectivity index (χ0n) is 13.0. The van der Waals surface area contributed by atoms with Crippen LogP contribution >= 0.6 is 11.3 Å². The normalized spacial score (nSPS) is 21.1. The largest absolute Gasteiger partial charge is 0.425 e. The Hall–Kier alpha value is -1.38. The maximum Gasteiger partial charge on any atom is 0.425 e. The molecule has 0 unspecified atom stereocenters. The third-order valence-electron chi connectivity index (χ3n) is 4.88. The molecule has 2 aliphatic heterocycles. The van der Waals surface area contributed by atoms with Crippen molar-refractivity contribution in [2.75, 3.05) is 19.7 Å². The lowest BCUT2D eigenvalue weighted by Gasteiger charge is -2.43. The number of alkyl halides is 3. The van der Waals surface area contributed by atoms with Crippen molar-refractivity contribution in [2.45, 2.75) is 37.6 Å². The molecule has 2 aliphatic rings. The molecular weight excluding hydrogens is 339 g/mol. The Labute approximate surface area is 141 Å². The second kappa shape index (κ2) is 5.86. The van der Waals surface area contributed by atoms with Crippen LogP contribution in [0.15, 0.2) is 18.5 Å². The van der Waals surface area contributed by atoms with E-state index in [0.29, 0.717) is 13.0 Å². The van der Waals surface area contributed by atoms with Gasteiger partial charge in [0.1, 0.15) is 10.5 Å². The average molecular weight is 357 g/mol. The van der Waals surface area contributed by atoms with Crippen LogP contribution in [0.1, 0.15) is 33.7 Å². The summed E-state index contributed by atoms with van der Waals surface area (Å²) < 4.78 is 45.2. The first kappa shape index (κ1) is 16.1. The quantitative estimate of drug-likeness (QED) is 0.894. The lowest BCUT2D eigenvalue weighted by atomic mass is 9.85. The van der Waals surface area contributed by atoms with Crippen molar-refractivity contribution in [3.05, 3.63) is 39.3 Å². The van der Waals surface area contributed by atoms with Gasteiger partial charge in [-0.25, -0.2) is 0 Å². The molecule has 2 aromatic heterocycles. The highest BCUT2D eigenvalue weighted by Gasteiger charge is 2.44. The number of likely N-dealkylation sites (tertiary alicyclic amines) is 1. The van der Waals surface area contributed by atoms with Crippen molar-refractivity contribution in [1.82, 2.24) is 15.1 Å². The minimum atomic E-state index is -4.27. The van der Waals surface area contributed by atoms with Crippen LogP contribution in [0.3, 0.4) is 0 Å². The van der Waals surface area contributed by atoms with E-state index in [1.165, 1.54) is 6.07 Å². The Kier molecular flexibility index (Phi) is 3.93. The standard InChI is InChI=1S/C16H18F3N3OS/c17-16(18,19)13-7-12-1-6-23-15(14(12)24-13)2-4-22(5-3-15)10-11-8-20-21-9-11/h7-9H,1-6,10H2,(H,20,21). The number of hydrogen-bond donors (Lipinski definition) is 1. The van der Waals surface area contributed by atoms with E-state index >= 15 is 0 Å². The van der Waals surface area contributed by atoms with E-state index in [1.807, 2.05) is 6.20 Å². The molecule has 4 rings (SSSR count). The molecule has 4 nitrogen and oxygen atoms in total. The summed E-state index contributed by atoms with van der Waals surface area (Å²) in [5.74, 6) is 0. The number of halogens is 3. The van der Waals surface area contributed by atoms with Crippen molar-refractivity contribution in [1.29, 1.82) is 0 Å². The smallest absolute Gasteiger partial charge is 0.369 e. The first-order chi connectivity index (χ1) is 11.5. The highest BCUT2D eigenvalue weighted by atomic mass is 32.1. The molecule has 130 valence electrons. The molecular formula is C16H18F3N3OS. The molecule has 8 heteroatoms. The fraction of sp³-hybridized carbons (Fsp3) is 0.562. The first-order valence-electron chi connectivity index (χ1n) is 8.01. The van der Waals surface area contributed by atoms with Crippen molar-refractivity contribution in [3.63, 3.8) is 0 Å². The second-order valence-electron chi connectivity index (χ2n) is 6.44. The lowest BCUT2D eigenvalue weighted by Crippen LogP contribution is -2.45. The Balaban J connectivity index is 1.52. The number of piperidine rings is 1. The Morgan fingerprint density at radius 1 is 1.33 bits per heavy atom. The molecule has 0 aromatic carbocycles. The van der Waals surface area contributed by atoms with Crippen LogP contribution in [0.25, 0.3) is 0 Å². The maximum absolute atomic E-state index is 13.1. The molecule has 4 heterocycles. The molecule has 1 saturated heterocycles. The van der Waals surface area contributed by atoms with Crippen LogP contribution in [0.5, 0.6) is 0 Å². The van der Waals surface area contributed by atoms with E-state index in [-0.39, 0.29) is 0 Å². The number of nitrogens with one attached hydrogen (secondary N) is 1. The van der Waals surface area contributed by atoms with Gasteiger partial charge in [0, 0.05) is 36.3 Å². The summed E-state index contributed by atoms with van der Waals surface area (Å²) >= 11 is 0.871. The number of thiophene rings is 1. The predicted molar refractivity (Wildman–Crippen MR) is 83.8 cm³/mol. The molecule has 0 saturated carbocycles. The van der Waals surface area contributed by atoms with Gasteiger partial charge in [-0.2, -0.15) is 18.3 Å². The highest BCUT2D eigenvalue weighted by Crippen LogP contribution is 2.48. The van der Waals surface area contributed by atoms with Crippen LogP contribution in [0.4, 0.5) is 13.2 Å². The molecule has 1 spiro atoms. The maximum atomic E-state index is 13.1. The first-order valence-corrected chi connectivity index (χ1v) is 8.82. The lowest BCUT2D eigenvalue weighted by molar-refractivity contribution is -0.134. The molecule has 2 aromatic rings. The van der Waals surface area contributed by atoms with E-state index < -0.39 is 16.7 Å². The molecule has 0 aliphatic carbocycles. The van der Waals surface area contributed by atoms with Gasteiger partial charge >= 0.3 is 6.18 Å². The van der Waals surface area contributed by atoms with Gasteiger partial charge in [0.05, 0.1) is 12.8 Å². The van der Waals surface area contributed by atoms with Gasteiger partial charge < -0.3 is 4.74 Å². The minimum absolute atomic E-state index is 0.502. The Bertz CT molecular complexity index is 703. The van der Waals surface area contributed by atoms with Crippen LogP contribution < -0.4 is 0 Å². The predicted octanol–water partition coefficient (Wildman–Crippen LogP) is 3.55. The SMILES string of the molecule is FC(F)(F)c1cc2c(s1)C1(CCN(Cc3cn[nH]c3)CC1)OCC2. The zero-order chi connectivity index (χ0) is 16.8. The topological polar surface area (TPSA) is 41.2 Å². The van der Waals surface area contributed by atoms with Gasteiger partial charge in [-0.1, -0.05) is 0 Å². The molecule has 0 atom stereocenters. The number of hydrogen-bond acceptors (Lipinski definition) is 4. The van der Waals surface area contributed by atoms with Crippen LogP contribution in [-0.2, 0) is 29.5 Å². The van der Waals surface area contributed by atoms with E-state index in [4.69, 9.17) is 4.74 Å². The number of aromatic nitrogens is 2. The van der Waals surface area contributed by atoms with Gasteiger partial charge in [-0.05, 0) is 30.9 Å². The number of aromatic amines is 1. The molecule has 0 amide bonds. The van der Waals surface area contributed by atoms with Gasteiger partial charge in [0.25, 0.3) is 0 Å². The van der Waals surface area contributed by atoms with E-state index in [0.717, 1.165) is 59.8 Å². The molecule has 1 N–H and O–H groups in total. The average Bonchev–Trinajstić information content (AvgIpc) is 3.19. The monoisotopic (exact) mass is 357 g/mol. The highest BCUT2D eigenvalue weighted by molar-refractivity contribution is 7.12. The van der Waals surface area contributed by atoms with Crippen molar-refractivity contribution < 1.29 is 17.9 Å². The molecule has 0 bridgehead atoms.